The van der Waals surface area contributed by atoms with E-state index in [0.29, 0.717) is 0 Å². The van der Waals surface area contributed by atoms with Crippen molar-refractivity contribution < 1.29 is 61.8 Å². The fraction of sp³-hybridized carbons (Fsp3) is 0. The Labute approximate surface area is 88.4 Å². The number of carbonyl (C=O) groups is 3. The van der Waals surface area contributed by atoms with Crippen LogP contribution in [0.4, 0.5) is 14.4 Å². The summed E-state index contributed by atoms with van der Waals surface area (Å²) in [6, 6.07) is 0. The largest absolute Gasteiger partial charge is 4.00 e. The normalized spacial score (nSPS) is 5.14. The second kappa shape index (κ2) is 22.5. The molecular formula is C4CoO9. The molecule has 0 N–H and O–H groups in total. The fourth-order valence-corrected chi connectivity index (χ4v) is 0. The van der Waals surface area contributed by atoms with E-state index in [1.807, 2.05) is 0 Å². The van der Waals surface area contributed by atoms with Gasteiger partial charge < -0.3 is 45.0 Å². The minimum Gasteiger partial charge on any atom is -0.652 e. The van der Waals surface area contributed by atoms with E-state index in [-0.39, 0.29) is 24.2 Å². The first-order valence-corrected chi connectivity index (χ1v) is 1.84. The van der Waals surface area contributed by atoms with Crippen LogP contribution in [0.15, 0.2) is 0 Å². The fourth-order valence-electron chi connectivity index (χ4n) is 0. The summed E-state index contributed by atoms with van der Waals surface area (Å²) in [5.41, 5.74) is 0. The predicted molar refractivity (Wildman–Crippen MR) is 19.4 cm³/mol. The van der Waals surface area contributed by atoms with Gasteiger partial charge in [0, 0.05) is 0 Å². The number of carboxylic acid groups (broad SMARTS) is 6. The van der Waals surface area contributed by atoms with Gasteiger partial charge in [-0.15, -0.1) is 0 Å². The van der Waals surface area contributed by atoms with Crippen molar-refractivity contribution in [1.82, 2.24) is 0 Å². The molecule has 0 amide bonds. The van der Waals surface area contributed by atoms with Crippen LogP contribution < -0.4 is 30.6 Å². The molecule has 1 radical (unpaired) electrons. The van der Waals surface area contributed by atoms with Crippen molar-refractivity contribution in [3.63, 3.8) is 0 Å². The molecular weight excluding hydrogens is 251 g/mol. The van der Waals surface area contributed by atoms with E-state index in [4.69, 9.17) is 45.0 Å². The van der Waals surface area contributed by atoms with E-state index < -0.39 is 18.5 Å². The van der Waals surface area contributed by atoms with Gasteiger partial charge in [0.1, 0.15) is 0 Å². The van der Waals surface area contributed by atoms with Gasteiger partial charge in [-0.25, -0.2) is 0 Å². The molecule has 0 saturated carbocycles. The number of rotatable bonds is 0. The first-order valence-electron chi connectivity index (χ1n) is 1.84. The van der Waals surface area contributed by atoms with Crippen molar-refractivity contribution in [2.24, 2.45) is 0 Å². The summed E-state index contributed by atoms with van der Waals surface area (Å²) < 4.78 is 0. The summed E-state index contributed by atoms with van der Waals surface area (Å²) in [5, 5.41) is 50.0. The SMILES string of the molecule is O=C([O-])[O-].O=C([O-])[O-].O=C([O-])[O-].[C+4].[Co+2]. The van der Waals surface area contributed by atoms with Crippen LogP contribution in [0.25, 0.3) is 0 Å². The predicted octanol–water partition coefficient (Wildman–Crippen LogP) is -7.26. The van der Waals surface area contributed by atoms with Crippen LogP contribution >= 0.6 is 0 Å². The first kappa shape index (κ1) is 29.5. The Balaban J connectivity index is -0.0000000270. The molecule has 0 aliphatic carbocycles. The third kappa shape index (κ3) is 316. The number of hydrogen-bond acceptors (Lipinski definition) is 9. The molecule has 0 saturated heterocycles. The number of hydrogen-bond donors (Lipinski definition) is 0. The summed E-state index contributed by atoms with van der Waals surface area (Å²) in [6.07, 6.45) is -7.00. The molecule has 0 fully saturated rings. The molecule has 0 atom stereocenters. The molecule has 14 heavy (non-hydrogen) atoms. The zero-order valence-electron chi connectivity index (χ0n) is 6.01. The molecule has 0 aromatic heterocycles. The molecule has 79 valence electrons. The monoisotopic (exact) mass is 251 g/mol. The van der Waals surface area contributed by atoms with Gasteiger partial charge >= 0.3 is 24.2 Å². The molecule has 0 aliphatic rings. The average Bonchev–Trinajstić information content (AvgIpc) is 1.54. The second-order valence-corrected chi connectivity index (χ2v) is 0.750. The minimum atomic E-state index is -2.33. The van der Waals surface area contributed by atoms with Crippen LogP contribution in [0.3, 0.4) is 0 Å². The molecule has 0 aliphatic heterocycles. The third-order valence-corrected chi connectivity index (χ3v) is 0. The van der Waals surface area contributed by atoms with Crippen molar-refractivity contribution in [3.05, 3.63) is 7.43 Å². The maximum Gasteiger partial charge on any atom is 4.00 e. The third-order valence-electron chi connectivity index (χ3n) is 0. The van der Waals surface area contributed by atoms with Gasteiger partial charge in [0.2, 0.25) is 0 Å². The van der Waals surface area contributed by atoms with Gasteiger partial charge in [-0.05, 0) is 18.5 Å². The second-order valence-electron chi connectivity index (χ2n) is 0.750. The smallest absolute Gasteiger partial charge is 0.652 e. The molecule has 0 bridgehead atoms. The molecule has 0 aromatic carbocycles. The van der Waals surface area contributed by atoms with Crippen LogP contribution in [-0.2, 0) is 16.8 Å². The molecule has 9 nitrogen and oxygen atoms in total. The molecule has 10 heteroatoms. The maximum absolute atomic E-state index is 8.33. The Morgan fingerprint density at radius 2 is 0.571 bits per heavy atom. The van der Waals surface area contributed by atoms with Gasteiger partial charge in [0.15, 0.2) is 0 Å². The van der Waals surface area contributed by atoms with Crippen molar-refractivity contribution in [2.75, 3.05) is 0 Å². The van der Waals surface area contributed by atoms with Gasteiger partial charge in [-0.2, -0.15) is 0 Å². The van der Waals surface area contributed by atoms with Crippen molar-refractivity contribution >= 4 is 18.5 Å². The van der Waals surface area contributed by atoms with Crippen LogP contribution in [-0.4, -0.2) is 18.5 Å². The van der Waals surface area contributed by atoms with Crippen LogP contribution in [0.2, 0.25) is 0 Å². The van der Waals surface area contributed by atoms with Crippen LogP contribution in [0, 0.1) is 7.43 Å². The quantitative estimate of drug-likeness (QED) is 0.402. The van der Waals surface area contributed by atoms with Gasteiger partial charge in [-0.3, -0.25) is 0 Å². The van der Waals surface area contributed by atoms with Crippen molar-refractivity contribution in [1.29, 1.82) is 0 Å². The van der Waals surface area contributed by atoms with Crippen molar-refractivity contribution in [2.45, 2.75) is 0 Å². The van der Waals surface area contributed by atoms with Gasteiger partial charge in [0.25, 0.3) is 0 Å². The zero-order valence-corrected chi connectivity index (χ0v) is 7.05. The molecule has 0 heterocycles. The Morgan fingerprint density at radius 1 is 0.571 bits per heavy atom. The summed E-state index contributed by atoms with van der Waals surface area (Å²) >= 11 is 0. The Kier molecular flexibility index (Phi) is 47.4. The average molecular weight is 251 g/mol. The maximum atomic E-state index is 8.33. The van der Waals surface area contributed by atoms with Crippen LogP contribution in [0.5, 0.6) is 0 Å². The molecule has 0 spiro atoms. The minimum absolute atomic E-state index is 0. The Hall–Kier alpha value is -1.68. The van der Waals surface area contributed by atoms with E-state index >= 15 is 0 Å². The molecule has 0 unspecified atom stereocenters. The van der Waals surface area contributed by atoms with Gasteiger partial charge in [-0.1, -0.05) is 0 Å². The standard InChI is InChI=1S/3CH2O3.C.Co/c3*2-1(3)4;;/h3*(H2,2,3,4);;/q;;;+4;+2/p-6. The first-order chi connectivity index (χ1) is 5.20. The van der Waals surface area contributed by atoms with E-state index in [2.05, 4.69) is 0 Å². The zero-order chi connectivity index (χ0) is 10.7. The van der Waals surface area contributed by atoms with E-state index in [9.17, 15) is 0 Å². The summed E-state index contributed by atoms with van der Waals surface area (Å²) in [6.45, 7) is 0. The van der Waals surface area contributed by atoms with E-state index in [1.165, 1.54) is 0 Å². The van der Waals surface area contributed by atoms with Crippen LogP contribution in [0.1, 0.15) is 0 Å². The molecule has 0 rings (SSSR count). The van der Waals surface area contributed by atoms with E-state index in [0.717, 1.165) is 0 Å². The molecule has 0 aromatic rings. The Morgan fingerprint density at radius 3 is 0.571 bits per heavy atom. The summed E-state index contributed by atoms with van der Waals surface area (Å²) in [4.78, 5) is 25.0. The summed E-state index contributed by atoms with van der Waals surface area (Å²) in [5.74, 6) is 0. The Bertz CT molecular complexity index is 114. The topological polar surface area (TPSA) is 190 Å². The number of carbonyl (C=O) groups excluding carboxylic acids is 3. The van der Waals surface area contributed by atoms with E-state index in [1.54, 1.807) is 0 Å². The summed E-state index contributed by atoms with van der Waals surface area (Å²) in [7, 11) is 0. The van der Waals surface area contributed by atoms with Gasteiger partial charge in [0.05, 0.1) is 0 Å². The van der Waals surface area contributed by atoms with Crippen molar-refractivity contribution in [3.8, 4) is 0 Å².